The first kappa shape index (κ1) is 11.9. The summed E-state index contributed by atoms with van der Waals surface area (Å²) in [6, 6.07) is 1.96. The first-order valence-corrected chi connectivity index (χ1v) is 5.79. The minimum Gasteiger partial charge on any atom is -0.476 e. The van der Waals surface area contributed by atoms with Gasteiger partial charge in [0.25, 0.3) is 0 Å². The molecule has 0 spiro atoms. The topological polar surface area (TPSA) is 54.5 Å². The zero-order chi connectivity index (χ0) is 12.3. The predicted octanol–water partition coefficient (Wildman–Crippen LogP) is 1.04. The summed E-state index contributed by atoms with van der Waals surface area (Å²) in [7, 11) is 2.08. The lowest BCUT2D eigenvalue weighted by atomic mass is 10.1. The highest BCUT2D eigenvalue weighted by Crippen LogP contribution is 2.27. The summed E-state index contributed by atoms with van der Waals surface area (Å²) in [5, 5.41) is 2.64. The van der Waals surface area contributed by atoms with Crippen molar-refractivity contribution < 1.29 is 9.53 Å². The molecule has 17 heavy (non-hydrogen) atoms. The minimum absolute atomic E-state index is 0.517. The molecule has 0 atom stereocenters. The zero-order valence-electron chi connectivity index (χ0n) is 10.2. The van der Waals surface area contributed by atoms with Crippen molar-refractivity contribution in [2.45, 2.75) is 19.9 Å². The van der Waals surface area contributed by atoms with Crippen LogP contribution in [0.1, 0.15) is 18.2 Å². The number of anilines is 1. The van der Waals surface area contributed by atoms with Crippen molar-refractivity contribution >= 4 is 12.1 Å². The number of nitrogens with one attached hydrogen (secondary N) is 1. The highest BCUT2D eigenvalue weighted by Gasteiger charge is 2.18. The number of rotatable bonds is 4. The lowest BCUT2D eigenvalue weighted by Gasteiger charge is -2.25. The van der Waals surface area contributed by atoms with Gasteiger partial charge in [0, 0.05) is 19.5 Å². The molecule has 0 bridgehead atoms. The van der Waals surface area contributed by atoms with Gasteiger partial charge < -0.3 is 15.0 Å². The zero-order valence-corrected chi connectivity index (χ0v) is 10.2. The minimum atomic E-state index is 0.517. The van der Waals surface area contributed by atoms with Crippen molar-refractivity contribution in [1.82, 2.24) is 9.88 Å². The fraction of sp³-hybridized carbons (Fsp3) is 0.500. The Morgan fingerprint density at radius 3 is 3.18 bits per heavy atom. The molecule has 0 aliphatic carbocycles. The fourth-order valence-corrected chi connectivity index (χ4v) is 2.01. The molecule has 0 radical (unpaired) electrons. The first-order chi connectivity index (χ1) is 8.24. The summed E-state index contributed by atoms with van der Waals surface area (Å²) < 4.78 is 5.44. The summed E-state index contributed by atoms with van der Waals surface area (Å²) in [6.45, 7) is 4.31. The molecule has 92 valence electrons. The molecule has 2 heterocycles. The average molecular weight is 235 g/mol. The number of likely N-dealkylation sites (N-methyl/N-ethyl adjacent to an activating group) is 1. The lowest BCUT2D eigenvalue weighted by molar-refractivity contribution is -0.105. The summed E-state index contributed by atoms with van der Waals surface area (Å²) in [6.07, 6.45) is 1.58. The monoisotopic (exact) mass is 235 g/mol. The number of fused-ring (bicyclic) bond motifs is 1. The average Bonchev–Trinajstić information content (AvgIpc) is 2.31. The van der Waals surface area contributed by atoms with Gasteiger partial charge in [0.05, 0.1) is 12.3 Å². The van der Waals surface area contributed by atoms with Crippen molar-refractivity contribution in [1.29, 1.82) is 0 Å². The lowest BCUT2D eigenvalue weighted by Crippen LogP contribution is -2.27. The fourth-order valence-electron chi connectivity index (χ4n) is 2.01. The molecular weight excluding hydrogens is 218 g/mol. The van der Waals surface area contributed by atoms with E-state index in [2.05, 4.69) is 22.2 Å². The van der Waals surface area contributed by atoms with E-state index in [0.29, 0.717) is 24.6 Å². The molecule has 0 saturated carbocycles. The van der Waals surface area contributed by atoms with E-state index >= 15 is 0 Å². The number of nitrogens with zero attached hydrogens (tertiary/aromatic N) is 2. The van der Waals surface area contributed by atoms with Gasteiger partial charge in [0.15, 0.2) is 0 Å². The van der Waals surface area contributed by atoms with Gasteiger partial charge >= 0.3 is 0 Å². The maximum atomic E-state index is 10.6. The van der Waals surface area contributed by atoms with E-state index in [1.807, 2.05) is 13.0 Å². The Morgan fingerprint density at radius 2 is 2.47 bits per heavy atom. The Morgan fingerprint density at radius 1 is 1.65 bits per heavy atom. The summed E-state index contributed by atoms with van der Waals surface area (Å²) in [5.74, 6) is 0.517. The molecule has 1 aromatic rings. The Hall–Kier alpha value is -1.62. The number of hydrogen-bond acceptors (Lipinski definition) is 4. The van der Waals surface area contributed by atoms with E-state index in [0.717, 1.165) is 30.8 Å². The van der Waals surface area contributed by atoms with E-state index < -0.39 is 0 Å². The van der Waals surface area contributed by atoms with E-state index in [4.69, 9.17) is 4.74 Å². The molecule has 2 rings (SSSR count). The number of pyridine rings is 1. The van der Waals surface area contributed by atoms with Crippen molar-refractivity contribution in [2.24, 2.45) is 0 Å². The van der Waals surface area contributed by atoms with Crippen LogP contribution >= 0.6 is 0 Å². The second-order valence-electron chi connectivity index (χ2n) is 4.13. The van der Waals surface area contributed by atoms with Gasteiger partial charge in [-0.25, -0.2) is 4.98 Å². The van der Waals surface area contributed by atoms with Gasteiger partial charge in [0.2, 0.25) is 12.3 Å². The summed E-state index contributed by atoms with van der Waals surface area (Å²) >= 11 is 0. The molecule has 0 aromatic carbocycles. The summed E-state index contributed by atoms with van der Waals surface area (Å²) in [5.41, 5.74) is 2.88. The van der Waals surface area contributed by atoms with E-state index in [9.17, 15) is 4.79 Å². The molecule has 1 amide bonds. The van der Waals surface area contributed by atoms with Gasteiger partial charge in [0.1, 0.15) is 5.69 Å². The van der Waals surface area contributed by atoms with Crippen LogP contribution in [-0.4, -0.2) is 36.5 Å². The molecule has 1 aliphatic heterocycles. The predicted molar refractivity (Wildman–Crippen MR) is 65.1 cm³/mol. The van der Waals surface area contributed by atoms with Crippen LogP contribution in [0, 0.1) is 0 Å². The number of amides is 1. The van der Waals surface area contributed by atoms with Crippen LogP contribution in [-0.2, 0) is 17.8 Å². The third kappa shape index (κ3) is 2.55. The van der Waals surface area contributed by atoms with Crippen LogP contribution in [0.15, 0.2) is 6.07 Å². The molecular formula is C12H17N3O2. The Bertz CT molecular complexity index is 420. The van der Waals surface area contributed by atoms with E-state index in [1.54, 1.807) is 0 Å². The Kier molecular flexibility index (Phi) is 3.58. The smallest absolute Gasteiger partial charge is 0.238 e. The molecule has 5 nitrogen and oxygen atoms in total. The van der Waals surface area contributed by atoms with Crippen LogP contribution in [0.4, 0.5) is 5.69 Å². The van der Waals surface area contributed by atoms with Gasteiger partial charge in [-0.05, 0) is 25.6 Å². The highest BCUT2D eigenvalue weighted by atomic mass is 16.5. The van der Waals surface area contributed by atoms with Crippen LogP contribution in [0.3, 0.4) is 0 Å². The quantitative estimate of drug-likeness (QED) is 0.792. The number of ether oxygens (including phenoxy) is 1. The van der Waals surface area contributed by atoms with E-state index in [1.165, 1.54) is 0 Å². The Labute approximate surface area is 101 Å². The molecule has 1 N–H and O–H groups in total. The van der Waals surface area contributed by atoms with Crippen LogP contribution in [0.2, 0.25) is 0 Å². The van der Waals surface area contributed by atoms with Crippen molar-refractivity contribution in [3.8, 4) is 5.88 Å². The number of hydrogen-bond donors (Lipinski definition) is 1. The van der Waals surface area contributed by atoms with Crippen molar-refractivity contribution in [3.05, 3.63) is 17.3 Å². The van der Waals surface area contributed by atoms with Gasteiger partial charge in [-0.3, -0.25) is 4.79 Å². The molecule has 5 heteroatoms. The molecule has 0 saturated heterocycles. The standard InChI is InChI=1S/C12H17N3O2/c1-3-17-12-11(13-8-16)6-9-7-15(2)5-4-10(9)14-12/h6,8H,3-5,7H2,1-2H3,(H,13,16). The molecule has 0 fully saturated rings. The van der Waals surface area contributed by atoms with E-state index in [-0.39, 0.29) is 0 Å². The molecule has 0 unspecified atom stereocenters. The maximum absolute atomic E-state index is 10.6. The number of aromatic nitrogens is 1. The molecule has 1 aliphatic rings. The number of carbonyl (C=O) groups excluding carboxylic acids is 1. The SMILES string of the molecule is CCOc1nc2c(cc1NC=O)CN(C)CC2. The van der Waals surface area contributed by atoms with Crippen LogP contribution < -0.4 is 10.1 Å². The van der Waals surface area contributed by atoms with Gasteiger partial charge in [-0.1, -0.05) is 0 Å². The molecule has 1 aromatic heterocycles. The third-order valence-electron chi connectivity index (χ3n) is 2.82. The first-order valence-electron chi connectivity index (χ1n) is 5.79. The highest BCUT2D eigenvalue weighted by molar-refractivity contribution is 5.74. The summed E-state index contributed by atoms with van der Waals surface area (Å²) in [4.78, 5) is 17.3. The van der Waals surface area contributed by atoms with Gasteiger partial charge in [-0.2, -0.15) is 0 Å². The largest absolute Gasteiger partial charge is 0.476 e. The Balaban J connectivity index is 2.36. The van der Waals surface area contributed by atoms with Gasteiger partial charge in [-0.15, -0.1) is 0 Å². The van der Waals surface area contributed by atoms with Crippen LogP contribution in [0.5, 0.6) is 5.88 Å². The van der Waals surface area contributed by atoms with Crippen LogP contribution in [0.25, 0.3) is 0 Å². The van der Waals surface area contributed by atoms with Crippen molar-refractivity contribution in [3.63, 3.8) is 0 Å². The second-order valence-corrected chi connectivity index (χ2v) is 4.13. The third-order valence-corrected chi connectivity index (χ3v) is 2.82. The van der Waals surface area contributed by atoms with Crippen molar-refractivity contribution in [2.75, 3.05) is 25.5 Å². The maximum Gasteiger partial charge on any atom is 0.238 e. The number of carbonyl (C=O) groups is 1. The second kappa shape index (κ2) is 5.14. The normalized spacial score (nSPS) is 15.2.